The molecule has 0 aliphatic rings. The Labute approximate surface area is 142 Å². The van der Waals surface area contributed by atoms with Crippen molar-refractivity contribution >= 4 is 28.8 Å². The van der Waals surface area contributed by atoms with Crippen LogP contribution in [0.4, 0.5) is 4.39 Å². The molecule has 24 heavy (non-hydrogen) atoms. The predicted octanol–water partition coefficient (Wildman–Crippen LogP) is 2.99. The highest BCUT2D eigenvalue weighted by Gasteiger charge is 2.12. The molecule has 0 bridgehead atoms. The van der Waals surface area contributed by atoms with E-state index in [1.165, 1.54) is 37.3 Å². The first-order chi connectivity index (χ1) is 11.4. The second-order valence-corrected chi connectivity index (χ2v) is 6.25. The maximum Gasteiger partial charge on any atom is 0.217 e. The molecule has 0 unspecified atom stereocenters. The first-order valence-corrected chi connectivity index (χ1v) is 7.98. The van der Waals surface area contributed by atoms with Crippen molar-refractivity contribution in [2.75, 3.05) is 6.61 Å². The Morgan fingerprint density at radius 3 is 2.54 bits per heavy atom. The van der Waals surface area contributed by atoms with Crippen LogP contribution >= 0.6 is 11.3 Å². The third-order valence-electron chi connectivity index (χ3n) is 3.14. The quantitative estimate of drug-likeness (QED) is 0.780. The zero-order valence-corrected chi connectivity index (χ0v) is 14.0. The van der Waals surface area contributed by atoms with Crippen molar-refractivity contribution in [2.24, 2.45) is 0 Å². The maximum atomic E-state index is 13.7. The Balaban J connectivity index is 1.94. The molecule has 5 nitrogen and oxygen atoms in total. The van der Waals surface area contributed by atoms with Crippen LogP contribution in [0.3, 0.4) is 0 Å². The highest BCUT2D eigenvalue weighted by Crippen LogP contribution is 2.20. The molecule has 1 heterocycles. The van der Waals surface area contributed by atoms with Gasteiger partial charge in [0.15, 0.2) is 12.4 Å². The maximum absolute atomic E-state index is 13.7. The lowest BCUT2D eigenvalue weighted by Gasteiger charge is -2.06. The molecule has 0 aliphatic heterocycles. The number of rotatable bonds is 7. The van der Waals surface area contributed by atoms with E-state index in [9.17, 15) is 18.8 Å². The standard InChI is InChI=1S/C17H16FNO4S/c1-10(20)14-5-3-12(7-15(14)18)23-9-16(22)17-6-4-13(24-17)8-19-11(2)21/h3-7H,8-9H2,1-2H3,(H,19,21). The molecule has 1 aromatic carbocycles. The number of hydrogen-bond donors (Lipinski definition) is 1. The summed E-state index contributed by atoms with van der Waals surface area (Å²) in [7, 11) is 0. The monoisotopic (exact) mass is 349 g/mol. The molecule has 2 rings (SSSR count). The van der Waals surface area contributed by atoms with Gasteiger partial charge in [0.25, 0.3) is 0 Å². The Kier molecular flexibility index (Phi) is 5.81. The van der Waals surface area contributed by atoms with Crippen LogP contribution in [-0.2, 0) is 11.3 Å². The number of halogens is 1. The topological polar surface area (TPSA) is 72.5 Å². The average Bonchev–Trinajstić information content (AvgIpc) is 2.99. The molecule has 0 atom stereocenters. The first kappa shape index (κ1) is 17.8. The average molecular weight is 349 g/mol. The van der Waals surface area contributed by atoms with Crippen molar-refractivity contribution < 1.29 is 23.5 Å². The number of Topliss-reactive ketones (excluding diaryl/α,β-unsaturated/α-hetero) is 2. The van der Waals surface area contributed by atoms with Gasteiger partial charge in [0.1, 0.15) is 11.6 Å². The minimum atomic E-state index is -0.679. The summed E-state index contributed by atoms with van der Waals surface area (Å²) in [5, 5.41) is 2.65. The van der Waals surface area contributed by atoms with Crippen LogP contribution in [0.1, 0.15) is 38.8 Å². The molecular weight excluding hydrogens is 333 g/mol. The number of hydrogen-bond acceptors (Lipinski definition) is 5. The minimum Gasteiger partial charge on any atom is -0.485 e. The third kappa shape index (κ3) is 4.73. The van der Waals surface area contributed by atoms with Gasteiger partial charge in [0.05, 0.1) is 17.0 Å². The van der Waals surface area contributed by atoms with Gasteiger partial charge in [-0.2, -0.15) is 0 Å². The summed E-state index contributed by atoms with van der Waals surface area (Å²) in [4.78, 5) is 35.5. The van der Waals surface area contributed by atoms with Crippen LogP contribution in [0.5, 0.6) is 5.75 Å². The number of ether oxygens (including phenoxy) is 1. The van der Waals surface area contributed by atoms with Crippen molar-refractivity contribution in [3.63, 3.8) is 0 Å². The van der Waals surface area contributed by atoms with Gasteiger partial charge in [-0.1, -0.05) is 0 Å². The first-order valence-electron chi connectivity index (χ1n) is 7.16. The van der Waals surface area contributed by atoms with Crippen molar-refractivity contribution in [2.45, 2.75) is 20.4 Å². The normalized spacial score (nSPS) is 10.3. The highest BCUT2D eigenvalue weighted by atomic mass is 32.1. The molecule has 2 aromatic rings. The zero-order chi connectivity index (χ0) is 17.7. The van der Waals surface area contributed by atoms with Gasteiger partial charge in [0.2, 0.25) is 11.7 Å². The molecule has 1 aromatic heterocycles. The lowest BCUT2D eigenvalue weighted by molar-refractivity contribution is -0.119. The summed E-state index contributed by atoms with van der Waals surface area (Å²) in [6.45, 7) is 2.83. The highest BCUT2D eigenvalue weighted by molar-refractivity contribution is 7.14. The smallest absolute Gasteiger partial charge is 0.217 e. The SMILES string of the molecule is CC(=O)NCc1ccc(C(=O)COc2ccc(C(C)=O)c(F)c2)s1. The minimum absolute atomic E-state index is 0.0189. The largest absolute Gasteiger partial charge is 0.485 e. The third-order valence-corrected chi connectivity index (χ3v) is 4.26. The van der Waals surface area contributed by atoms with Crippen LogP contribution in [0, 0.1) is 5.82 Å². The van der Waals surface area contributed by atoms with Gasteiger partial charge >= 0.3 is 0 Å². The van der Waals surface area contributed by atoms with E-state index >= 15 is 0 Å². The molecule has 7 heteroatoms. The Morgan fingerprint density at radius 1 is 1.17 bits per heavy atom. The van der Waals surface area contributed by atoms with E-state index in [4.69, 9.17) is 4.74 Å². The van der Waals surface area contributed by atoms with Crippen molar-refractivity contribution in [1.29, 1.82) is 0 Å². The van der Waals surface area contributed by atoms with E-state index in [0.717, 1.165) is 10.9 Å². The van der Waals surface area contributed by atoms with Gasteiger partial charge < -0.3 is 10.1 Å². The molecule has 0 fully saturated rings. The van der Waals surface area contributed by atoms with Gasteiger partial charge in [-0.3, -0.25) is 14.4 Å². The van der Waals surface area contributed by atoms with Gasteiger partial charge in [0, 0.05) is 17.9 Å². The molecule has 0 spiro atoms. The zero-order valence-electron chi connectivity index (χ0n) is 13.2. The van der Waals surface area contributed by atoms with Crippen LogP contribution < -0.4 is 10.1 Å². The number of benzene rings is 1. The van der Waals surface area contributed by atoms with Crippen LogP contribution in [0.25, 0.3) is 0 Å². The van der Waals surface area contributed by atoms with Crippen LogP contribution in [-0.4, -0.2) is 24.1 Å². The fraction of sp³-hybridized carbons (Fsp3) is 0.235. The van der Waals surface area contributed by atoms with Crippen molar-refractivity contribution in [3.8, 4) is 5.75 Å². The molecule has 1 N–H and O–H groups in total. The van der Waals surface area contributed by atoms with E-state index in [-0.39, 0.29) is 35.4 Å². The lowest BCUT2D eigenvalue weighted by Crippen LogP contribution is -2.18. The van der Waals surface area contributed by atoms with Crippen LogP contribution in [0.15, 0.2) is 30.3 Å². The Bertz CT molecular complexity index is 785. The fourth-order valence-electron chi connectivity index (χ4n) is 1.93. The Morgan fingerprint density at radius 2 is 1.92 bits per heavy atom. The van der Waals surface area contributed by atoms with E-state index in [0.29, 0.717) is 11.4 Å². The summed E-state index contributed by atoms with van der Waals surface area (Å²) < 4.78 is 19.0. The van der Waals surface area contributed by atoms with Gasteiger partial charge in [-0.15, -0.1) is 11.3 Å². The fourth-order valence-corrected chi connectivity index (χ4v) is 2.80. The van der Waals surface area contributed by atoms with E-state index in [1.807, 2.05) is 0 Å². The number of carbonyl (C=O) groups excluding carboxylic acids is 3. The number of ketones is 2. The summed E-state index contributed by atoms with van der Waals surface area (Å²) in [5.41, 5.74) is -0.0189. The van der Waals surface area contributed by atoms with Gasteiger partial charge in [-0.05, 0) is 31.2 Å². The van der Waals surface area contributed by atoms with Gasteiger partial charge in [-0.25, -0.2) is 4.39 Å². The molecular formula is C17H16FNO4S. The van der Waals surface area contributed by atoms with E-state index in [2.05, 4.69) is 5.32 Å². The summed E-state index contributed by atoms with van der Waals surface area (Å²) in [6.07, 6.45) is 0. The number of thiophene rings is 1. The molecule has 1 amide bonds. The molecule has 0 saturated heterocycles. The molecule has 0 radical (unpaired) electrons. The second-order valence-electron chi connectivity index (χ2n) is 5.09. The summed E-state index contributed by atoms with van der Waals surface area (Å²) in [6, 6.07) is 7.28. The van der Waals surface area contributed by atoms with Crippen LogP contribution in [0.2, 0.25) is 0 Å². The number of carbonyl (C=O) groups is 3. The lowest BCUT2D eigenvalue weighted by atomic mass is 10.1. The number of nitrogens with one attached hydrogen (secondary N) is 1. The molecule has 0 saturated carbocycles. The molecule has 126 valence electrons. The number of amides is 1. The summed E-state index contributed by atoms with van der Waals surface area (Å²) >= 11 is 1.26. The van der Waals surface area contributed by atoms with E-state index < -0.39 is 5.82 Å². The predicted molar refractivity (Wildman–Crippen MR) is 88.1 cm³/mol. The second kappa shape index (κ2) is 7.83. The summed E-state index contributed by atoms with van der Waals surface area (Å²) in [5.74, 6) is -1.26. The Hall–Kier alpha value is -2.54. The van der Waals surface area contributed by atoms with Crippen molar-refractivity contribution in [3.05, 3.63) is 51.5 Å². The van der Waals surface area contributed by atoms with Crippen molar-refractivity contribution in [1.82, 2.24) is 5.32 Å². The molecule has 0 aliphatic carbocycles. The van der Waals surface area contributed by atoms with E-state index in [1.54, 1.807) is 12.1 Å².